The van der Waals surface area contributed by atoms with Crippen LogP contribution in [0.3, 0.4) is 0 Å². The van der Waals surface area contributed by atoms with E-state index >= 15 is 0 Å². The second-order valence-corrected chi connectivity index (χ2v) is 8.88. The number of carbonyl (C=O) groups excluding carboxylic acids is 2. The maximum atomic E-state index is 13.2. The smallest absolute Gasteiger partial charge is 0.321 e. The molecule has 0 aliphatic carbocycles. The first-order valence-corrected chi connectivity index (χ1v) is 10.7. The molecule has 158 valence electrons. The number of rotatable bonds is 3. The second-order valence-electron chi connectivity index (χ2n) is 7.96. The number of fused-ring (bicyclic) bond motifs is 3. The topological polar surface area (TPSA) is 74.6 Å². The van der Waals surface area contributed by atoms with Gasteiger partial charge in [-0.25, -0.2) is 4.79 Å². The SMILES string of the molecule is Cc1ccc(-c2nnc3n2C2C(C(=O)N(C)C(=O)N2C)N3Cc2ccc(Br)cc2)cc1. The van der Waals surface area contributed by atoms with E-state index in [-0.39, 0.29) is 11.9 Å². The Labute approximate surface area is 188 Å². The highest BCUT2D eigenvalue weighted by atomic mass is 79.9. The minimum atomic E-state index is -0.578. The number of aromatic nitrogens is 3. The Balaban J connectivity index is 1.64. The molecule has 3 aromatic rings. The Morgan fingerprint density at radius 2 is 1.65 bits per heavy atom. The second kappa shape index (κ2) is 7.19. The molecule has 0 N–H and O–H groups in total. The average Bonchev–Trinajstić information content (AvgIpc) is 3.32. The fourth-order valence-electron chi connectivity index (χ4n) is 4.29. The number of nitrogens with zero attached hydrogens (tertiary/aromatic N) is 6. The predicted octanol–water partition coefficient (Wildman–Crippen LogP) is 3.43. The number of hydrogen-bond donors (Lipinski definition) is 0. The van der Waals surface area contributed by atoms with Crippen LogP contribution in [-0.2, 0) is 11.3 Å². The fraction of sp³-hybridized carbons (Fsp3) is 0.273. The van der Waals surface area contributed by atoms with E-state index in [1.54, 1.807) is 11.9 Å². The highest BCUT2D eigenvalue weighted by molar-refractivity contribution is 9.10. The Morgan fingerprint density at radius 3 is 2.32 bits per heavy atom. The van der Waals surface area contributed by atoms with E-state index in [0.29, 0.717) is 18.3 Å². The van der Waals surface area contributed by atoms with Crippen molar-refractivity contribution in [1.29, 1.82) is 0 Å². The first-order valence-electron chi connectivity index (χ1n) is 9.94. The van der Waals surface area contributed by atoms with E-state index in [2.05, 4.69) is 26.1 Å². The summed E-state index contributed by atoms with van der Waals surface area (Å²) in [6, 6.07) is 15.0. The van der Waals surface area contributed by atoms with Gasteiger partial charge in [0.15, 0.2) is 11.9 Å². The van der Waals surface area contributed by atoms with Gasteiger partial charge in [-0.05, 0) is 24.6 Å². The molecule has 8 nitrogen and oxygen atoms in total. The van der Waals surface area contributed by atoms with E-state index in [4.69, 9.17) is 0 Å². The van der Waals surface area contributed by atoms with Crippen molar-refractivity contribution in [3.63, 3.8) is 0 Å². The molecule has 1 aromatic heterocycles. The van der Waals surface area contributed by atoms with Gasteiger partial charge in [0.25, 0.3) is 5.91 Å². The lowest BCUT2D eigenvalue weighted by Crippen LogP contribution is -2.61. The number of likely N-dealkylation sites (N-methyl/N-ethyl adjacent to an activating group) is 2. The van der Waals surface area contributed by atoms with Crippen LogP contribution < -0.4 is 4.90 Å². The molecule has 31 heavy (non-hydrogen) atoms. The van der Waals surface area contributed by atoms with Gasteiger partial charge in [0, 0.05) is 30.7 Å². The molecule has 1 saturated heterocycles. The van der Waals surface area contributed by atoms with Crippen LogP contribution >= 0.6 is 15.9 Å². The third-order valence-electron chi connectivity index (χ3n) is 5.96. The van der Waals surface area contributed by atoms with Gasteiger partial charge in [0.05, 0.1) is 0 Å². The van der Waals surface area contributed by atoms with Gasteiger partial charge in [0.1, 0.15) is 6.17 Å². The van der Waals surface area contributed by atoms with Crippen LogP contribution in [0.1, 0.15) is 17.3 Å². The molecule has 0 spiro atoms. The van der Waals surface area contributed by atoms with E-state index in [1.807, 2.05) is 64.9 Å². The van der Waals surface area contributed by atoms with Crippen LogP contribution in [0.25, 0.3) is 11.4 Å². The monoisotopic (exact) mass is 480 g/mol. The minimum absolute atomic E-state index is 0.245. The summed E-state index contributed by atoms with van der Waals surface area (Å²) in [7, 11) is 3.24. The molecule has 2 aromatic carbocycles. The summed E-state index contributed by atoms with van der Waals surface area (Å²) in [5.74, 6) is 0.975. The summed E-state index contributed by atoms with van der Waals surface area (Å²) < 4.78 is 2.90. The molecule has 3 heterocycles. The zero-order chi connectivity index (χ0) is 21.9. The molecule has 2 aliphatic rings. The van der Waals surface area contributed by atoms with Crippen LogP contribution in [0, 0.1) is 6.92 Å². The summed E-state index contributed by atoms with van der Waals surface area (Å²) in [6.07, 6.45) is -0.520. The van der Waals surface area contributed by atoms with E-state index in [9.17, 15) is 9.59 Å². The van der Waals surface area contributed by atoms with Gasteiger partial charge in [-0.15, -0.1) is 10.2 Å². The molecule has 1 fully saturated rings. The Morgan fingerprint density at radius 1 is 0.968 bits per heavy atom. The first kappa shape index (κ1) is 19.7. The lowest BCUT2D eigenvalue weighted by Gasteiger charge is -2.40. The highest BCUT2D eigenvalue weighted by Crippen LogP contribution is 2.42. The Kier molecular flexibility index (Phi) is 4.58. The standard InChI is InChI=1S/C22H21BrN6O2/c1-13-4-8-15(9-5-13)18-24-25-21-28(12-14-6-10-16(23)11-7-14)17-19(29(18)21)26(2)22(31)27(3)20(17)30/h4-11,17,19H,12H2,1-3H3. The van der Waals surface area contributed by atoms with Crippen molar-refractivity contribution in [2.75, 3.05) is 19.0 Å². The zero-order valence-corrected chi connectivity index (χ0v) is 18.9. The number of amides is 3. The van der Waals surface area contributed by atoms with Gasteiger partial charge in [-0.1, -0.05) is 57.9 Å². The van der Waals surface area contributed by atoms with Crippen molar-refractivity contribution < 1.29 is 9.59 Å². The number of benzene rings is 2. The van der Waals surface area contributed by atoms with Crippen molar-refractivity contribution in [3.8, 4) is 11.4 Å². The van der Waals surface area contributed by atoms with Gasteiger partial charge >= 0.3 is 6.03 Å². The number of aryl methyl sites for hydroxylation is 1. The predicted molar refractivity (Wildman–Crippen MR) is 119 cm³/mol. The van der Waals surface area contributed by atoms with E-state index in [0.717, 1.165) is 21.2 Å². The van der Waals surface area contributed by atoms with Crippen LogP contribution in [0.15, 0.2) is 53.0 Å². The molecule has 3 amide bonds. The lowest BCUT2D eigenvalue weighted by atomic mass is 10.1. The summed E-state index contributed by atoms with van der Waals surface area (Å²) in [6.45, 7) is 2.50. The first-order chi connectivity index (χ1) is 14.9. The lowest BCUT2D eigenvalue weighted by molar-refractivity contribution is -0.133. The third-order valence-corrected chi connectivity index (χ3v) is 6.49. The number of anilines is 1. The maximum absolute atomic E-state index is 13.2. The number of urea groups is 1. The number of carbonyl (C=O) groups is 2. The van der Waals surface area contributed by atoms with Crippen LogP contribution in [0.2, 0.25) is 0 Å². The van der Waals surface area contributed by atoms with Crippen molar-refractivity contribution in [1.82, 2.24) is 24.6 Å². The van der Waals surface area contributed by atoms with Crippen LogP contribution in [0.4, 0.5) is 10.7 Å². The summed E-state index contributed by atoms with van der Waals surface area (Å²) in [5, 5.41) is 8.89. The molecule has 0 radical (unpaired) electrons. The number of imide groups is 1. The van der Waals surface area contributed by atoms with Crippen molar-refractivity contribution in [3.05, 3.63) is 64.1 Å². The molecule has 2 unspecified atom stereocenters. The summed E-state index contributed by atoms with van der Waals surface area (Å²) >= 11 is 3.46. The third kappa shape index (κ3) is 3.03. The normalized spacial score (nSPS) is 20.3. The molecule has 9 heteroatoms. The van der Waals surface area contributed by atoms with Crippen molar-refractivity contribution in [2.45, 2.75) is 25.7 Å². The van der Waals surface area contributed by atoms with Gasteiger partial charge in [-0.2, -0.15) is 0 Å². The summed E-state index contributed by atoms with van der Waals surface area (Å²) in [4.78, 5) is 30.7. The minimum Gasteiger partial charge on any atom is -0.321 e. The molecule has 0 saturated carbocycles. The molecular formula is C22H21BrN6O2. The number of halogens is 1. The Bertz CT molecular complexity index is 1170. The van der Waals surface area contributed by atoms with Crippen LogP contribution in [0.5, 0.6) is 0 Å². The van der Waals surface area contributed by atoms with Crippen molar-refractivity contribution in [2.24, 2.45) is 0 Å². The van der Waals surface area contributed by atoms with E-state index < -0.39 is 12.2 Å². The molecular weight excluding hydrogens is 460 g/mol. The molecule has 2 aliphatic heterocycles. The summed E-state index contributed by atoms with van der Waals surface area (Å²) in [5.41, 5.74) is 3.06. The maximum Gasteiger partial charge on any atom is 0.327 e. The highest BCUT2D eigenvalue weighted by Gasteiger charge is 2.54. The molecule has 0 bridgehead atoms. The van der Waals surface area contributed by atoms with Crippen molar-refractivity contribution >= 4 is 33.8 Å². The quantitative estimate of drug-likeness (QED) is 0.573. The zero-order valence-electron chi connectivity index (χ0n) is 17.4. The number of hydrogen-bond acceptors (Lipinski definition) is 5. The largest absolute Gasteiger partial charge is 0.327 e. The van der Waals surface area contributed by atoms with E-state index in [1.165, 1.54) is 11.9 Å². The molecule has 2 atom stereocenters. The van der Waals surface area contributed by atoms with Gasteiger partial charge in [0.2, 0.25) is 5.95 Å². The van der Waals surface area contributed by atoms with Gasteiger partial charge < -0.3 is 9.80 Å². The fourth-order valence-corrected chi connectivity index (χ4v) is 4.56. The van der Waals surface area contributed by atoms with Gasteiger partial charge in [-0.3, -0.25) is 14.3 Å². The molecule has 5 rings (SSSR count). The van der Waals surface area contributed by atoms with Crippen LogP contribution in [-0.4, -0.2) is 56.6 Å². The average molecular weight is 481 g/mol. The Hall–Kier alpha value is -3.20.